The number of hydrogen-bond acceptors (Lipinski definition) is 6. The number of nitrogens with zero attached hydrogens (tertiary/aromatic N) is 4. The molecule has 0 radical (unpaired) electrons. The Bertz CT molecular complexity index is 666. The zero-order valence-corrected chi connectivity index (χ0v) is 13.6. The van der Waals surface area contributed by atoms with Gasteiger partial charge in [-0.05, 0) is 20.3 Å². The van der Waals surface area contributed by atoms with Crippen LogP contribution in [0.25, 0.3) is 0 Å². The first-order chi connectivity index (χ1) is 10.4. The average molecular weight is 324 g/mol. The van der Waals surface area contributed by atoms with Gasteiger partial charge in [0.1, 0.15) is 0 Å². The Morgan fingerprint density at radius 1 is 1.23 bits per heavy atom. The molecule has 0 aromatic carbocycles. The predicted octanol–water partition coefficient (Wildman–Crippen LogP) is 0.615. The van der Waals surface area contributed by atoms with E-state index in [2.05, 4.69) is 9.97 Å². The molecule has 0 bridgehead atoms. The molecule has 7 nitrogen and oxygen atoms in total. The van der Waals surface area contributed by atoms with E-state index in [1.54, 1.807) is 31.1 Å². The van der Waals surface area contributed by atoms with Crippen molar-refractivity contribution in [1.82, 2.24) is 9.97 Å². The summed E-state index contributed by atoms with van der Waals surface area (Å²) in [6, 6.07) is 0. The Morgan fingerprint density at radius 3 is 2.36 bits per heavy atom. The van der Waals surface area contributed by atoms with Crippen molar-refractivity contribution in [3.63, 3.8) is 0 Å². The van der Waals surface area contributed by atoms with Gasteiger partial charge in [-0.15, -0.1) is 0 Å². The SMILES string of the molecule is CC(C)S(=O)(=O)C1CN(c2ncc(N3CCCC3=O)cn2)C1. The topological polar surface area (TPSA) is 83.5 Å². The number of carbonyl (C=O) groups excluding carboxylic acids is 1. The molecule has 3 rings (SSSR count). The Kier molecular flexibility index (Phi) is 3.80. The molecule has 1 aromatic heterocycles. The first-order valence-corrected chi connectivity index (χ1v) is 9.10. The van der Waals surface area contributed by atoms with E-state index in [-0.39, 0.29) is 16.4 Å². The molecule has 0 spiro atoms. The van der Waals surface area contributed by atoms with Crippen molar-refractivity contribution in [2.24, 2.45) is 0 Å². The fourth-order valence-electron chi connectivity index (χ4n) is 2.73. The Labute approximate surface area is 130 Å². The molecule has 0 aliphatic carbocycles. The highest BCUT2D eigenvalue weighted by Crippen LogP contribution is 2.25. The lowest BCUT2D eigenvalue weighted by Gasteiger charge is -2.39. The van der Waals surface area contributed by atoms with E-state index >= 15 is 0 Å². The van der Waals surface area contributed by atoms with E-state index in [0.717, 1.165) is 6.42 Å². The van der Waals surface area contributed by atoms with Crippen LogP contribution in [0.5, 0.6) is 0 Å². The molecule has 0 atom stereocenters. The summed E-state index contributed by atoms with van der Waals surface area (Å²) in [7, 11) is -3.06. The molecule has 120 valence electrons. The number of anilines is 2. The number of aromatic nitrogens is 2. The van der Waals surface area contributed by atoms with Crippen molar-refractivity contribution >= 4 is 27.4 Å². The number of amides is 1. The molecule has 2 aliphatic rings. The van der Waals surface area contributed by atoms with Crippen LogP contribution in [-0.2, 0) is 14.6 Å². The highest BCUT2D eigenvalue weighted by Gasteiger charge is 2.40. The lowest BCUT2D eigenvalue weighted by molar-refractivity contribution is -0.117. The fourth-order valence-corrected chi connectivity index (χ4v) is 4.28. The van der Waals surface area contributed by atoms with Crippen LogP contribution < -0.4 is 9.80 Å². The van der Waals surface area contributed by atoms with Crippen LogP contribution in [0.15, 0.2) is 12.4 Å². The van der Waals surface area contributed by atoms with Gasteiger partial charge in [0.05, 0.1) is 28.6 Å². The summed E-state index contributed by atoms with van der Waals surface area (Å²) < 4.78 is 24.1. The van der Waals surface area contributed by atoms with Crippen molar-refractivity contribution < 1.29 is 13.2 Å². The summed E-state index contributed by atoms with van der Waals surface area (Å²) in [5, 5.41) is -0.694. The third-order valence-corrected chi connectivity index (χ3v) is 6.80. The zero-order valence-electron chi connectivity index (χ0n) is 12.8. The standard InChI is InChI=1S/C14H20N4O3S/c1-10(2)22(20,21)12-8-17(9-12)14-15-6-11(7-16-14)18-5-3-4-13(18)19/h6-7,10,12H,3-5,8-9H2,1-2H3. The van der Waals surface area contributed by atoms with Crippen molar-refractivity contribution in [1.29, 1.82) is 0 Å². The van der Waals surface area contributed by atoms with Crippen LogP contribution in [0.4, 0.5) is 11.6 Å². The third kappa shape index (κ3) is 2.55. The van der Waals surface area contributed by atoms with Gasteiger partial charge in [-0.1, -0.05) is 0 Å². The normalized spacial score (nSPS) is 19.9. The van der Waals surface area contributed by atoms with Crippen molar-refractivity contribution in [2.45, 2.75) is 37.2 Å². The van der Waals surface area contributed by atoms with Crippen molar-refractivity contribution in [3.05, 3.63) is 12.4 Å². The van der Waals surface area contributed by atoms with Gasteiger partial charge in [-0.3, -0.25) is 4.79 Å². The Hall–Kier alpha value is -1.70. The van der Waals surface area contributed by atoms with Gasteiger partial charge < -0.3 is 9.80 Å². The lowest BCUT2D eigenvalue weighted by Crippen LogP contribution is -2.56. The monoisotopic (exact) mass is 324 g/mol. The van der Waals surface area contributed by atoms with E-state index in [1.807, 2.05) is 4.90 Å². The predicted molar refractivity (Wildman–Crippen MR) is 83.7 cm³/mol. The summed E-state index contributed by atoms with van der Waals surface area (Å²) in [6.07, 6.45) is 4.70. The number of carbonyl (C=O) groups is 1. The minimum atomic E-state index is -3.06. The van der Waals surface area contributed by atoms with Crippen LogP contribution in [0.3, 0.4) is 0 Å². The molecule has 2 saturated heterocycles. The molecule has 0 N–H and O–H groups in total. The summed E-state index contributed by atoms with van der Waals surface area (Å²) >= 11 is 0. The lowest BCUT2D eigenvalue weighted by atomic mass is 10.2. The summed E-state index contributed by atoms with van der Waals surface area (Å²) in [5.74, 6) is 0.619. The first kappa shape index (κ1) is 15.2. The van der Waals surface area contributed by atoms with E-state index in [0.29, 0.717) is 37.7 Å². The molecule has 1 aromatic rings. The van der Waals surface area contributed by atoms with E-state index in [9.17, 15) is 13.2 Å². The maximum atomic E-state index is 12.0. The highest BCUT2D eigenvalue weighted by molar-refractivity contribution is 7.92. The second kappa shape index (κ2) is 5.49. The van der Waals surface area contributed by atoms with Gasteiger partial charge in [0.25, 0.3) is 0 Å². The molecule has 8 heteroatoms. The van der Waals surface area contributed by atoms with Gasteiger partial charge in [-0.25, -0.2) is 18.4 Å². The average Bonchev–Trinajstić information content (AvgIpc) is 2.83. The van der Waals surface area contributed by atoms with Crippen LogP contribution in [0, 0.1) is 0 Å². The van der Waals surface area contributed by atoms with E-state index in [4.69, 9.17) is 0 Å². The molecule has 0 unspecified atom stereocenters. The van der Waals surface area contributed by atoms with Crippen LogP contribution >= 0.6 is 0 Å². The minimum absolute atomic E-state index is 0.100. The van der Waals surface area contributed by atoms with E-state index in [1.165, 1.54) is 0 Å². The smallest absolute Gasteiger partial charge is 0.227 e. The molecule has 3 heterocycles. The molecule has 2 aliphatic heterocycles. The van der Waals surface area contributed by atoms with Gasteiger partial charge in [0.2, 0.25) is 11.9 Å². The molecule has 0 saturated carbocycles. The second-order valence-corrected chi connectivity index (χ2v) is 8.84. The highest BCUT2D eigenvalue weighted by atomic mass is 32.2. The number of sulfone groups is 1. The minimum Gasteiger partial charge on any atom is -0.338 e. The second-order valence-electron chi connectivity index (χ2n) is 6.05. The third-order valence-electron chi connectivity index (χ3n) is 4.26. The Morgan fingerprint density at radius 2 is 1.86 bits per heavy atom. The summed E-state index contributed by atoms with van der Waals surface area (Å²) in [5.41, 5.74) is 0.707. The molecule has 22 heavy (non-hydrogen) atoms. The maximum absolute atomic E-state index is 12.0. The van der Waals surface area contributed by atoms with Crippen molar-refractivity contribution in [2.75, 3.05) is 29.4 Å². The molecular formula is C14H20N4O3S. The zero-order chi connectivity index (χ0) is 15.9. The largest absolute Gasteiger partial charge is 0.338 e. The Balaban J connectivity index is 1.65. The molecule has 2 fully saturated rings. The first-order valence-electron chi connectivity index (χ1n) is 7.49. The maximum Gasteiger partial charge on any atom is 0.227 e. The van der Waals surface area contributed by atoms with Crippen LogP contribution in [0.2, 0.25) is 0 Å². The number of rotatable bonds is 4. The van der Waals surface area contributed by atoms with E-state index < -0.39 is 9.84 Å². The van der Waals surface area contributed by atoms with Gasteiger partial charge in [-0.2, -0.15) is 0 Å². The summed E-state index contributed by atoms with van der Waals surface area (Å²) in [6.45, 7) is 4.98. The fraction of sp³-hybridized carbons (Fsp3) is 0.643. The number of hydrogen-bond donors (Lipinski definition) is 0. The van der Waals surface area contributed by atoms with Gasteiger partial charge >= 0.3 is 0 Å². The molecular weight excluding hydrogens is 304 g/mol. The molecule has 1 amide bonds. The van der Waals surface area contributed by atoms with Gasteiger partial charge in [0.15, 0.2) is 9.84 Å². The van der Waals surface area contributed by atoms with Crippen LogP contribution in [-0.4, -0.2) is 54.4 Å². The quantitative estimate of drug-likeness (QED) is 0.807. The summed E-state index contributed by atoms with van der Waals surface area (Å²) in [4.78, 5) is 23.7. The van der Waals surface area contributed by atoms with Crippen LogP contribution in [0.1, 0.15) is 26.7 Å². The van der Waals surface area contributed by atoms with Gasteiger partial charge in [0, 0.05) is 26.1 Å². The van der Waals surface area contributed by atoms with Crippen molar-refractivity contribution in [3.8, 4) is 0 Å².